The van der Waals surface area contributed by atoms with E-state index in [1.165, 1.54) is 20.2 Å². The topological polar surface area (TPSA) is 87.2 Å². The largest absolute Gasteiger partial charge is 0.466 e. The van der Waals surface area contributed by atoms with E-state index < -0.39 is 10.0 Å². The van der Waals surface area contributed by atoms with Crippen molar-refractivity contribution < 1.29 is 22.7 Å². The molecule has 0 aliphatic carbocycles. The van der Waals surface area contributed by atoms with Crippen molar-refractivity contribution >= 4 is 27.6 Å². The summed E-state index contributed by atoms with van der Waals surface area (Å²) in [7, 11) is -0.721. The van der Waals surface area contributed by atoms with E-state index in [1.54, 1.807) is 24.0 Å². The number of hydrogen-bond donors (Lipinski definition) is 0. The van der Waals surface area contributed by atoms with Crippen LogP contribution in [-0.2, 0) is 19.6 Å². The van der Waals surface area contributed by atoms with E-state index in [4.69, 9.17) is 4.74 Å². The van der Waals surface area contributed by atoms with Crippen molar-refractivity contribution in [3.63, 3.8) is 0 Å². The van der Waals surface area contributed by atoms with Gasteiger partial charge in [0.05, 0.1) is 23.0 Å². The number of hydrogen-bond acceptors (Lipinski definition) is 6. The lowest BCUT2D eigenvalue weighted by Crippen LogP contribution is -2.43. The van der Waals surface area contributed by atoms with Crippen LogP contribution in [0, 0.1) is 5.92 Å². The zero-order valence-electron chi connectivity index (χ0n) is 18.0. The van der Waals surface area contributed by atoms with Gasteiger partial charge in [-0.2, -0.15) is 0 Å². The fourth-order valence-electron chi connectivity index (χ4n) is 4.08. The van der Waals surface area contributed by atoms with Crippen LogP contribution in [0.4, 0.5) is 5.69 Å². The molecule has 9 heteroatoms. The molecule has 0 bridgehead atoms. The second-order valence-corrected chi connectivity index (χ2v) is 10.2. The van der Waals surface area contributed by atoms with Gasteiger partial charge in [-0.1, -0.05) is 0 Å². The molecule has 2 heterocycles. The monoisotopic (exact) mass is 437 g/mol. The molecular formula is C21H31N3O5S. The Labute approximate surface area is 178 Å². The van der Waals surface area contributed by atoms with Crippen LogP contribution in [0.3, 0.4) is 0 Å². The zero-order valence-corrected chi connectivity index (χ0v) is 18.8. The van der Waals surface area contributed by atoms with Crippen LogP contribution in [0.1, 0.15) is 43.0 Å². The Bertz CT molecular complexity index is 894. The minimum absolute atomic E-state index is 0.0951. The number of amides is 1. The summed E-state index contributed by atoms with van der Waals surface area (Å²) in [6.45, 7) is 4.59. The summed E-state index contributed by atoms with van der Waals surface area (Å²) in [5.41, 5.74) is 1.14. The number of benzene rings is 1. The average molecular weight is 438 g/mol. The number of ether oxygens (including phenoxy) is 1. The van der Waals surface area contributed by atoms with Gasteiger partial charge in [-0.25, -0.2) is 12.7 Å². The second-order valence-electron chi connectivity index (χ2n) is 8.00. The van der Waals surface area contributed by atoms with Crippen molar-refractivity contribution in [3.8, 4) is 0 Å². The van der Waals surface area contributed by atoms with Crippen LogP contribution in [0.15, 0.2) is 23.1 Å². The highest BCUT2D eigenvalue weighted by atomic mass is 32.2. The molecule has 2 saturated heterocycles. The molecule has 0 N–H and O–H groups in total. The Hall–Kier alpha value is -2.13. The Kier molecular flexibility index (Phi) is 7.02. The molecule has 166 valence electrons. The lowest BCUT2D eigenvalue weighted by Gasteiger charge is -2.33. The molecule has 0 aromatic heterocycles. The molecule has 8 nitrogen and oxygen atoms in total. The molecular weight excluding hydrogens is 406 g/mol. The standard InChI is InChI=1S/C21H31N3O5S/c1-4-29-21(26)16-8-7-13-24(15-16)20(25)18-14-17(30(27,28)22(2)3)9-10-19(18)23-11-5-6-12-23/h9-10,14,16H,4-8,11-13,15H2,1-3H3/t16-/m1/s1. The second kappa shape index (κ2) is 9.34. The predicted octanol–water partition coefficient (Wildman–Crippen LogP) is 1.95. The molecule has 1 amide bonds. The molecule has 0 unspecified atom stereocenters. The minimum atomic E-state index is -3.67. The van der Waals surface area contributed by atoms with Gasteiger partial charge in [-0.15, -0.1) is 0 Å². The third-order valence-corrected chi connectivity index (χ3v) is 7.56. The maximum Gasteiger partial charge on any atom is 0.310 e. The summed E-state index contributed by atoms with van der Waals surface area (Å²) in [6.07, 6.45) is 3.49. The van der Waals surface area contributed by atoms with Gasteiger partial charge in [0.25, 0.3) is 5.91 Å². The van der Waals surface area contributed by atoms with Crippen molar-refractivity contribution in [2.45, 2.75) is 37.5 Å². The van der Waals surface area contributed by atoms with Gasteiger partial charge < -0.3 is 14.5 Å². The van der Waals surface area contributed by atoms with E-state index in [1.807, 2.05) is 0 Å². The van der Waals surface area contributed by atoms with Crippen molar-refractivity contribution in [2.75, 3.05) is 51.8 Å². The summed E-state index contributed by atoms with van der Waals surface area (Å²) in [6, 6.07) is 4.79. The molecule has 1 atom stereocenters. The molecule has 0 spiro atoms. The summed E-state index contributed by atoms with van der Waals surface area (Å²) in [5.74, 6) is -0.855. The molecule has 0 saturated carbocycles. The molecule has 2 aliphatic heterocycles. The molecule has 0 radical (unpaired) electrons. The molecule has 1 aromatic rings. The summed E-state index contributed by atoms with van der Waals surface area (Å²) in [5, 5.41) is 0. The number of rotatable bonds is 6. The van der Waals surface area contributed by atoms with E-state index in [-0.39, 0.29) is 22.7 Å². The quantitative estimate of drug-likeness (QED) is 0.632. The Morgan fingerprint density at radius 2 is 1.83 bits per heavy atom. The van der Waals surface area contributed by atoms with Crippen LogP contribution in [0.2, 0.25) is 0 Å². The van der Waals surface area contributed by atoms with E-state index >= 15 is 0 Å². The highest BCUT2D eigenvalue weighted by Gasteiger charge is 2.32. The number of anilines is 1. The Morgan fingerprint density at radius 1 is 1.13 bits per heavy atom. The van der Waals surface area contributed by atoms with Gasteiger partial charge in [0.1, 0.15) is 0 Å². The molecule has 1 aromatic carbocycles. The summed E-state index contributed by atoms with van der Waals surface area (Å²) in [4.78, 5) is 29.6. The van der Waals surface area contributed by atoms with E-state index in [2.05, 4.69) is 4.90 Å². The van der Waals surface area contributed by atoms with E-state index in [0.29, 0.717) is 38.1 Å². The Balaban J connectivity index is 1.95. The molecule has 30 heavy (non-hydrogen) atoms. The van der Waals surface area contributed by atoms with Gasteiger partial charge in [0.15, 0.2) is 0 Å². The van der Waals surface area contributed by atoms with Crippen molar-refractivity contribution in [1.82, 2.24) is 9.21 Å². The van der Waals surface area contributed by atoms with Gasteiger partial charge in [-0.3, -0.25) is 9.59 Å². The van der Waals surface area contributed by atoms with Crippen molar-refractivity contribution in [2.24, 2.45) is 5.92 Å². The maximum absolute atomic E-state index is 13.5. The number of esters is 1. The smallest absolute Gasteiger partial charge is 0.310 e. The van der Waals surface area contributed by atoms with Crippen LogP contribution in [-0.4, -0.2) is 76.4 Å². The van der Waals surface area contributed by atoms with Gasteiger partial charge in [0.2, 0.25) is 10.0 Å². The highest BCUT2D eigenvalue weighted by Crippen LogP contribution is 2.30. The van der Waals surface area contributed by atoms with E-state index in [9.17, 15) is 18.0 Å². The number of piperidine rings is 1. The highest BCUT2D eigenvalue weighted by molar-refractivity contribution is 7.89. The van der Waals surface area contributed by atoms with Crippen molar-refractivity contribution in [3.05, 3.63) is 23.8 Å². The zero-order chi connectivity index (χ0) is 21.9. The van der Waals surface area contributed by atoms with Crippen LogP contribution < -0.4 is 4.90 Å². The van der Waals surface area contributed by atoms with Crippen LogP contribution in [0.25, 0.3) is 0 Å². The minimum Gasteiger partial charge on any atom is -0.466 e. The first-order valence-electron chi connectivity index (χ1n) is 10.5. The summed E-state index contributed by atoms with van der Waals surface area (Å²) >= 11 is 0. The van der Waals surface area contributed by atoms with Gasteiger partial charge >= 0.3 is 5.97 Å². The van der Waals surface area contributed by atoms with Crippen molar-refractivity contribution in [1.29, 1.82) is 0 Å². The normalized spacial score (nSPS) is 19.9. The molecule has 2 aliphatic rings. The van der Waals surface area contributed by atoms with Gasteiger partial charge in [0, 0.05) is 46.0 Å². The fourth-order valence-corrected chi connectivity index (χ4v) is 5.00. The lowest BCUT2D eigenvalue weighted by molar-refractivity contribution is -0.149. The third-order valence-electron chi connectivity index (χ3n) is 5.75. The first-order chi connectivity index (χ1) is 14.3. The van der Waals surface area contributed by atoms with Gasteiger partial charge in [-0.05, 0) is 50.8 Å². The van der Waals surface area contributed by atoms with E-state index in [0.717, 1.165) is 35.9 Å². The first kappa shape index (κ1) is 22.6. The number of nitrogens with zero attached hydrogens (tertiary/aromatic N) is 3. The van der Waals surface area contributed by atoms with Crippen LogP contribution >= 0.6 is 0 Å². The predicted molar refractivity (Wildman–Crippen MR) is 114 cm³/mol. The Morgan fingerprint density at radius 3 is 2.47 bits per heavy atom. The maximum atomic E-state index is 13.5. The number of likely N-dealkylation sites (tertiary alicyclic amines) is 1. The number of carbonyl (C=O) groups is 2. The number of sulfonamides is 1. The lowest BCUT2D eigenvalue weighted by atomic mass is 9.97. The molecule has 3 rings (SSSR count). The molecule has 2 fully saturated rings. The summed E-state index contributed by atoms with van der Waals surface area (Å²) < 4.78 is 31.6. The third kappa shape index (κ3) is 4.62. The van der Waals surface area contributed by atoms with Crippen LogP contribution in [0.5, 0.6) is 0 Å². The fraction of sp³-hybridized carbons (Fsp3) is 0.619. The average Bonchev–Trinajstić information content (AvgIpc) is 3.27. The SMILES string of the molecule is CCOC(=O)[C@@H]1CCCN(C(=O)c2cc(S(=O)(=O)N(C)C)ccc2N2CCCC2)C1. The first-order valence-corrected chi connectivity index (χ1v) is 12.0. The number of carbonyl (C=O) groups excluding carboxylic acids is 2.